The zero-order valence-corrected chi connectivity index (χ0v) is 22.4. The van der Waals surface area contributed by atoms with Crippen molar-refractivity contribution in [3.05, 3.63) is 76.8 Å². The van der Waals surface area contributed by atoms with Crippen molar-refractivity contribution < 1.29 is 13.2 Å². The molecular formula is C26H31Cl2N3O3S. The average molecular weight is 537 g/mol. The number of para-hydroxylation sites is 1. The van der Waals surface area contributed by atoms with Gasteiger partial charge in [-0.2, -0.15) is 0 Å². The number of hydrogen-bond acceptors (Lipinski definition) is 6. The number of ether oxygens (including phenoxy) is 1. The summed E-state index contributed by atoms with van der Waals surface area (Å²) in [5, 5.41) is 7.30. The number of anilines is 3. The highest BCUT2D eigenvalue weighted by Crippen LogP contribution is 2.40. The van der Waals surface area contributed by atoms with E-state index in [-0.39, 0.29) is 23.2 Å². The van der Waals surface area contributed by atoms with Gasteiger partial charge in [0.2, 0.25) is 0 Å². The molecule has 0 bridgehead atoms. The summed E-state index contributed by atoms with van der Waals surface area (Å²) in [7, 11) is -1.90. The SMILES string of the molecule is COc1cc(Cl)cc(C(C)c2cc(S(C)(=O)=O)c(Nc3ccccc3)cc2N2CCNCC2)c1.Cl. The molecule has 1 unspecified atom stereocenters. The number of methoxy groups -OCH3 is 1. The molecule has 9 heteroatoms. The molecule has 1 aliphatic heterocycles. The second-order valence-electron chi connectivity index (χ2n) is 8.55. The van der Waals surface area contributed by atoms with E-state index in [1.807, 2.05) is 54.6 Å². The summed E-state index contributed by atoms with van der Waals surface area (Å²) in [5.74, 6) is 0.563. The molecule has 1 atom stereocenters. The molecule has 3 aromatic rings. The van der Waals surface area contributed by atoms with Gasteiger partial charge in [0.25, 0.3) is 0 Å². The van der Waals surface area contributed by atoms with Gasteiger partial charge in [-0.25, -0.2) is 8.42 Å². The molecule has 0 radical (unpaired) electrons. The third kappa shape index (κ3) is 6.41. The Hall–Kier alpha value is -2.45. The first-order valence-electron chi connectivity index (χ1n) is 11.3. The van der Waals surface area contributed by atoms with Crippen LogP contribution in [0.4, 0.5) is 17.1 Å². The summed E-state index contributed by atoms with van der Waals surface area (Å²) in [6.45, 7) is 5.48. The van der Waals surface area contributed by atoms with E-state index >= 15 is 0 Å². The standard InChI is InChI=1S/C26H30ClN3O3S.ClH/c1-18(19-13-20(27)15-22(14-19)33-2)23-16-26(34(3,31)32)24(29-21-7-5-4-6-8-21)17-25(23)30-11-9-28-10-12-30;/h4-8,13-18,28-29H,9-12H2,1-3H3;1H. The second-order valence-corrected chi connectivity index (χ2v) is 11.0. The first-order valence-corrected chi connectivity index (χ1v) is 13.5. The van der Waals surface area contributed by atoms with Gasteiger partial charge in [-0.1, -0.05) is 36.7 Å². The molecule has 2 N–H and O–H groups in total. The largest absolute Gasteiger partial charge is 0.497 e. The van der Waals surface area contributed by atoms with Crippen LogP contribution < -0.4 is 20.3 Å². The molecule has 0 amide bonds. The highest BCUT2D eigenvalue weighted by atomic mass is 35.5. The number of hydrogen-bond donors (Lipinski definition) is 2. The molecule has 35 heavy (non-hydrogen) atoms. The Morgan fingerprint density at radius 2 is 1.74 bits per heavy atom. The molecule has 1 heterocycles. The van der Waals surface area contributed by atoms with E-state index in [4.69, 9.17) is 16.3 Å². The maximum Gasteiger partial charge on any atom is 0.177 e. The lowest BCUT2D eigenvalue weighted by Crippen LogP contribution is -2.44. The molecule has 1 fully saturated rings. The summed E-state index contributed by atoms with van der Waals surface area (Å²) in [6, 6.07) is 19.0. The molecule has 6 nitrogen and oxygen atoms in total. The van der Waals surface area contributed by atoms with Gasteiger partial charge in [0, 0.05) is 54.8 Å². The Labute approximate surface area is 219 Å². The van der Waals surface area contributed by atoms with Crippen molar-refractivity contribution in [3.8, 4) is 5.75 Å². The van der Waals surface area contributed by atoms with E-state index in [1.54, 1.807) is 13.2 Å². The van der Waals surface area contributed by atoms with E-state index in [0.29, 0.717) is 16.5 Å². The van der Waals surface area contributed by atoms with Crippen molar-refractivity contribution in [1.82, 2.24) is 5.32 Å². The summed E-state index contributed by atoms with van der Waals surface area (Å²) in [6.07, 6.45) is 1.25. The Morgan fingerprint density at radius 3 is 2.37 bits per heavy atom. The van der Waals surface area contributed by atoms with E-state index in [1.165, 1.54) is 6.26 Å². The number of sulfone groups is 1. The minimum absolute atomic E-state index is 0. The lowest BCUT2D eigenvalue weighted by Gasteiger charge is -2.33. The van der Waals surface area contributed by atoms with E-state index in [2.05, 4.69) is 22.5 Å². The molecule has 0 aliphatic carbocycles. The molecule has 0 saturated carbocycles. The molecular weight excluding hydrogens is 505 g/mol. The molecule has 0 aromatic heterocycles. The molecule has 0 spiro atoms. The van der Waals surface area contributed by atoms with Gasteiger partial charge in [-0.3, -0.25) is 0 Å². The fourth-order valence-electron chi connectivity index (χ4n) is 4.32. The normalized spacial score (nSPS) is 14.7. The molecule has 188 valence electrons. The highest BCUT2D eigenvalue weighted by molar-refractivity contribution is 7.90. The third-order valence-corrected chi connectivity index (χ3v) is 7.49. The van der Waals surface area contributed by atoms with Crippen LogP contribution in [0.3, 0.4) is 0 Å². The Bertz CT molecular complexity index is 1260. The molecule has 3 aromatic carbocycles. The number of rotatable bonds is 7. The topological polar surface area (TPSA) is 70.7 Å². The third-order valence-electron chi connectivity index (χ3n) is 6.13. The monoisotopic (exact) mass is 535 g/mol. The van der Waals surface area contributed by atoms with Crippen LogP contribution in [0.1, 0.15) is 24.0 Å². The van der Waals surface area contributed by atoms with Gasteiger partial charge < -0.3 is 20.3 Å². The number of nitrogens with one attached hydrogen (secondary N) is 2. The van der Waals surface area contributed by atoms with Crippen molar-refractivity contribution in [3.63, 3.8) is 0 Å². The van der Waals surface area contributed by atoms with Crippen LogP contribution in [0.2, 0.25) is 5.02 Å². The minimum atomic E-state index is -3.50. The Kier molecular flexibility index (Phi) is 8.94. The van der Waals surface area contributed by atoms with Gasteiger partial charge in [-0.05, 0) is 53.6 Å². The van der Waals surface area contributed by atoms with Crippen molar-refractivity contribution in [1.29, 1.82) is 0 Å². The first-order chi connectivity index (χ1) is 16.3. The van der Waals surface area contributed by atoms with E-state index in [9.17, 15) is 8.42 Å². The lowest BCUT2D eigenvalue weighted by atomic mass is 9.90. The quantitative estimate of drug-likeness (QED) is 0.417. The number of halogens is 2. The van der Waals surface area contributed by atoms with Crippen molar-refractivity contribution in [2.45, 2.75) is 17.7 Å². The van der Waals surface area contributed by atoms with Crippen molar-refractivity contribution >= 4 is 50.9 Å². The van der Waals surface area contributed by atoms with Crippen molar-refractivity contribution in [2.24, 2.45) is 0 Å². The van der Waals surface area contributed by atoms with E-state index in [0.717, 1.165) is 48.7 Å². The number of piperazine rings is 1. The predicted octanol–water partition coefficient (Wildman–Crippen LogP) is 5.48. The van der Waals surface area contributed by atoms with Crippen LogP contribution in [0.5, 0.6) is 5.75 Å². The van der Waals surface area contributed by atoms with Crippen molar-refractivity contribution in [2.75, 3.05) is 49.8 Å². The van der Waals surface area contributed by atoms with Gasteiger partial charge in [0.1, 0.15) is 5.75 Å². The predicted molar refractivity (Wildman–Crippen MR) is 147 cm³/mol. The fourth-order valence-corrected chi connectivity index (χ4v) is 5.41. The van der Waals surface area contributed by atoms with Gasteiger partial charge >= 0.3 is 0 Å². The van der Waals surface area contributed by atoms with Crippen LogP contribution in [-0.2, 0) is 9.84 Å². The summed E-state index contributed by atoms with van der Waals surface area (Å²) < 4.78 is 31.2. The van der Waals surface area contributed by atoms with Gasteiger partial charge in [-0.15, -0.1) is 12.4 Å². The number of benzene rings is 3. The van der Waals surface area contributed by atoms with Crippen LogP contribution in [-0.4, -0.2) is 48.0 Å². The average Bonchev–Trinajstić information content (AvgIpc) is 2.83. The zero-order valence-electron chi connectivity index (χ0n) is 20.0. The summed E-state index contributed by atoms with van der Waals surface area (Å²) in [4.78, 5) is 2.58. The zero-order chi connectivity index (χ0) is 24.3. The van der Waals surface area contributed by atoms with Gasteiger partial charge in [0.05, 0.1) is 17.7 Å². The fraction of sp³-hybridized carbons (Fsp3) is 0.308. The Morgan fingerprint density at radius 1 is 1.06 bits per heavy atom. The highest BCUT2D eigenvalue weighted by Gasteiger charge is 2.25. The minimum Gasteiger partial charge on any atom is -0.497 e. The van der Waals surface area contributed by atoms with Crippen LogP contribution in [0.25, 0.3) is 0 Å². The van der Waals surface area contributed by atoms with E-state index < -0.39 is 9.84 Å². The molecule has 1 saturated heterocycles. The number of nitrogens with zero attached hydrogens (tertiary/aromatic N) is 1. The molecule has 1 aliphatic rings. The van der Waals surface area contributed by atoms with Crippen LogP contribution in [0, 0.1) is 0 Å². The van der Waals surface area contributed by atoms with Gasteiger partial charge in [0.15, 0.2) is 9.84 Å². The molecule has 4 rings (SSSR count). The smallest absolute Gasteiger partial charge is 0.177 e. The Balaban J connectivity index is 0.00000342. The van der Waals surface area contributed by atoms with Crippen LogP contribution >= 0.6 is 24.0 Å². The lowest BCUT2D eigenvalue weighted by molar-refractivity contribution is 0.414. The van der Waals surface area contributed by atoms with Crippen LogP contribution in [0.15, 0.2) is 65.6 Å². The second kappa shape index (κ2) is 11.5. The maximum atomic E-state index is 12.9. The summed E-state index contributed by atoms with van der Waals surface area (Å²) >= 11 is 6.36. The first kappa shape index (κ1) is 27.1. The maximum absolute atomic E-state index is 12.9. The summed E-state index contributed by atoms with van der Waals surface area (Å²) in [5.41, 5.74) is 4.31.